The Labute approximate surface area is 281 Å². The Bertz CT molecular complexity index is 1410. The van der Waals surface area contributed by atoms with Gasteiger partial charge in [0, 0.05) is 12.5 Å². The summed E-state index contributed by atoms with van der Waals surface area (Å²) < 4.78 is 11.3. The number of amides is 3. The van der Waals surface area contributed by atoms with E-state index in [9.17, 15) is 19.2 Å². The topological polar surface area (TPSA) is 114 Å². The second kappa shape index (κ2) is 15.3. The van der Waals surface area contributed by atoms with Gasteiger partial charge in [0.15, 0.2) is 0 Å². The zero-order valence-electron chi connectivity index (χ0n) is 30.1. The van der Waals surface area contributed by atoms with Crippen LogP contribution in [0.4, 0.5) is 4.79 Å². The second-order valence-electron chi connectivity index (χ2n) is 15.1. The summed E-state index contributed by atoms with van der Waals surface area (Å²) in [4.78, 5) is 57.5. The van der Waals surface area contributed by atoms with E-state index in [2.05, 4.69) is 10.6 Å². The van der Waals surface area contributed by atoms with Crippen LogP contribution in [0.3, 0.4) is 0 Å². The normalized spacial score (nSPS) is 18.6. The predicted octanol–water partition coefficient (Wildman–Crippen LogP) is 6.59. The number of nitrogens with zero attached hydrogens (tertiary/aromatic N) is 1. The summed E-state index contributed by atoms with van der Waals surface area (Å²) in [6.45, 7) is 20.5. The molecule has 0 heterocycles. The van der Waals surface area contributed by atoms with Gasteiger partial charge >= 0.3 is 12.1 Å². The molecule has 0 radical (unpaired) electrons. The lowest BCUT2D eigenvalue weighted by Crippen LogP contribution is -2.57. The van der Waals surface area contributed by atoms with E-state index in [0.29, 0.717) is 18.4 Å². The van der Waals surface area contributed by atoms with Gasteiger partial charge in [0.2, 0.25) is 11.8 Å². The molecule has 9 nitrogen and oxygen atoms in total. The van der Waals surface area contributed by atoms with Crippen molar-refractivity contribution < 1.29 is 28.7 Å². The number of aryl methyl sites for hydroxylation is 2. The lowest BCUT2D eigenvalue weighted by Gasteiger charge is -2.37. The molecule has 6 atom stereocenters. The van der Waals surface area contributed by atoms with Gasteiger partial charge in [0.25, 0.3) is 0 Å². The molecule has 2 aromatic rings. The molecule has 2 N–H and O–H groups in total. The van der Waals surface area contributed by atoms with Crippen LogP contribution in [-0.2, 0) is 30.3 Å². The minimum absolute atomic E-state index is 0.144. The first kappa shape index (κ1) is 37.6. The van der Waals surface area contributed by atoms with E-state index in [0.717, 1.165) is 16.7 Å². The van der Waals surface area contributed by atoms with Crippen molar-refractivity contribution in [1.29, 1.82) is 0 Å². The van der Waals surface area contributed by atoms with Crippen LogP contribution in [0, 0.1) is 25.7 Å². The van der Waals surface area contributed by atoms with E-state index in [4.69, 9.17) is 9.47 Å². The lowest BCUT2D eigenvalue weighted by molar-refractivity contribution is -0.159. The summed E-state index contributed by atoms with van der Waals surface area (Å²) in [5, 5.41) is 5.81. The van der Waals surface area contributed by atoms with Gasteiger partial charge in [0.05, 0.1) is 0 Å². The molecule has 3 rings (SSSR count). The van der Waals surface area contributed by atoms with Gasteiger partial charge < -0.3 is 25.0 Å². The Balaban J connectivity index is 2.10. The van der Waals surface area contributed by atoms with Gasteiger partial charge in [0.1, 0.15) is 29.3 Å². The average Bonchev–Trinajstić information content (AvgIpc) is 3.69. The van der Waals surface area contributed by atoms with Gasteiger partial charge in [-0.1, -0.05) is 75.7 Å². The van der Waals surface area contributed by atoms with Crippen molar-refractivity contribution in [3.05, 3.63) is 70.8 Å². The number of ether oxygens (including phenoxy) is 2. The van der Waals surface area contributed by atoms with Crippen LogP contribution < -0.4 is 10.6 Å². The minimum Gasteiger partial charge on any atom is -0.458 e. The average molecular weight is 650 g/mol. The molecule has 3 amide bonds. The number of rotatable bonds is 12. The number of hydrogen-bond acceptors (Lipinski definition) is 6. The smallest absolute Gasteiger partial charge is 0.408 e. The zero-order chi connectivity index (χ0) is 35.3. The SMILES string of the molecule is CCC(C)C(NC(=O)OC(C)(C)C)C(=O)N(C(C(=O)NC(Cc1ccccc1)C(=O)OC(C)(C)C)c1ccc(C)c(C)c1)C1CC1C. The molecule has 0 aromatic heterocycles. The third-order valence-electron chi connectivity index (χ3n) is 8.49. The van der Waals surface area contributed by atoms with Crippen LogP contribution in [-0.4, -0.2) is 58.1 Å². The zero-order valence-corrected chi connectivity index (χ0v) is 30.1. The largest absolute Gasteiger partial charge is 0.458 e. The summed E-state index contributed by atoms with van der Waals surface area (Å²) in [5.41, 5.74) is 1.97. The van der Waals surface area contributed by atoms with Crippen molar-refractivity contribution in [3.8, 4) is 0 Å². The standard InChI is InChI=1S/C38H55N3O6/c1-12-23(2)31(40-36(45)47-38(9,10)11)34(43)41(30-21-26(30)5)32(28-19-18-24(3)25(4)20-28)33(42)39-29(35(44)46-37(6,7)8)22-27-16-14-13-15-17-27/h13-20,23,26,29-32H,12,21-22H2,1-11H3,(H,39,42)(H,40,45). The van der Waals surface area contributed by atoms with Crippen LogP contribution in [0.1, 0.15) is 103 Å². The van der Waals surface area contributed by atoms with Crippen LogP contribution >= 0.6 is 0 Å². The van der Waals surface area contributed by atoms with Crippen molar-refractivity contribution in [2.75, 3.05) is 0 Å². The van der Waals surface area contributed by atoms with Crippen LogP contribution in [0.2, 0.25) is 0 Å². The fourth-order valence-electron chi connectivity index (χ4n) is 5.49. The van der Waals surface area contributed by atoms with Crippen molar-refractivity contribution in [2.24, 2.45) is 11.8 Å². The fraction of sp³-hybridized carbons (Fsp3) is 0.579. The summed E-state index contributed by atoms with van der Waals surface area (Å²) in [5.74, 6) is -1.52. The molecule has 0 spiro atoms. The predicted molar refractivity (Wildman–Crippen MR) is 184 cm³/mol. The maximum atomic E-state index is 14.7. The Morgan fingerprint density at radius 1 is 0.894 bits per heavy atom. The summed E-state index contributed by atoms with van der Waals surface area (Å²) in [7, 11) is 0. The molecule has 1 fully saturated rings. The second-order valence-corrected chi connectivity index (χ2v) is 15.1. The molecular formula is C38H55N3O6. The number of esters is 1. The highest BCUT2D eigenvalue weighted by Gasteiger charge is 2.49. The van der Waals surface area contributed by atoms with E-state index in [1.54, 1.807) is 46.4 Å². The third-order valence-corrected chi connectivity index (χ3v) is 8.49. The summed E-state index contributed by atoms with van der Waals surface area (Å²) >= 11 is 0. The summed E-state index contributed by atoms with van der Waals surface area (Å²) in [6.07, 6.45) is 0.836. The number of benzene rings is 2. The van der Waals surface area contributed by atoms with Crippen LogP contribution in [0.5, 0.6) is 0 Å². The van der Waals surface area contributed by atoms with Gasteiger partial charge in [-0.25, -0.2) is 9.59 Å². The molecule has 6 unspecified atom stereocenters. The molecule has 2 aromatic carbocycles. The number of alkyl carbamates (subject to hydrolysis) is 1. The van der Waals surface area contributed by atoms with Crippen molar-refractivity contribution in [1.82, 2.24) is 15.5 Å². The Morgan fingerprint density at radius 3 is 2.00 bits per heavy atom. The minimum atomic E-state index is -1.07. The van der Waals surface area contributed by atoms with Gasteiger partial charge in [-0.3, -0.25) is 9.59 Å². The molecule has 0 saturated heterocycles. The van der Waals surface area contributed by atoms with Crippen molar-refractivity contribution in [2.45, 2.75) is 131 Å². The van der Waals surface area contributed by atoms with Crippen molar-refractivity contribution in [3.63, 3.8) is 0 Å². The van der Waals surface area contributed by atoms with Gasteiger partial charge in [-0.15, -0.1) is 0 Å². The molecule has 0 aliphatic heterocycles. The number of carbonyl (C=O) groups is 4. The van der Waals surface area contributed by atoms with E-state index >= 15 is 0 Å². The van der Waals surface area contributed by atoms with Crippen LogP contribution in [0.15, 0.2) is 48.5 Å². The molecule has 258 valence electrons. The highest BCUT2D eigenvalue weighted by atomic mass is 16.6. The number of nitrogens with one attached hydrogen (secondary N) is 2. The lowest BCUT2D eigenvalue weighted by atomic mass is 9.94. The Kier molecular flexibility index (Phi) is 12.3. The molecule has 9 heteroatoms. The van der Waals surface area contributed by atoms with E-state index in [1.807, 2.05) is 83.1 Å². The monoisotopic (exact) mass is 649 g/mol. The third kappa shape index (κ3) is 10.8. The fourth-order valence-corrected chi connectivity index (χ4v) is 5.49. The highest BCUT2D eigenvalue weighted by molar-refractivity contribution is 5.94. The van der Waals surface area contributed by atoms with E-state index < -0.39 is 47.3 Å². The van der Waals surface area contributed by atoms with Crippen LogP contribution in [0.25, 0.3) is 0 Å². The highest BCUT2D eigenvalue weighted by Crippen LogP contribution is 2.41. The first-order valence-corrected chi connectivity index (χ1v) is 16.8. The van der Waals surface area contributed by atoms with Gasteiger partial charge in [-0.05, 0) is 95.9 Å². The quantitative estimate of drug-likeness (QED) is 0.251. The molecular weight excluding hydrogens is 594 g/mol. The molecule has 1 aliphatic carbocycles. The number of carbonyl (C=O) groups excluding carboxylic acids is 4. The Morgan fingerprint density at radius 2 is 1.49 bits per heavy atom. The van der Waals surface area contributed by atoms with E-state index in [-0.39, 0.29) is 30.2 Å². The molecule has 1 aliphatic rings. The Hall–Kier alpha value is -3.88. The molecule has 1 saturated carbocycles. The molecule has 47 heavy (non-hydrogen) atoms. The molecule has 0 bridgehead atoms. The number of hydrogen-bond donors (Lipinski definition) is 2. The van der Waals surface area contributed by atoms with Crippen molar-refractivity contribution >= 4 is 23.9 Å². The summed E-state index contributed by atoms with van der Waals surface area (Å²) in [6, 6.07) is 11.9. The first-order valence-electron chi connectivity index (χ1n) is 16.8. The first-order chi connectivity index (χ1) is 21.8. The maximum Gasteiger partial charge on any atom is 0.408 e. The van der Waals surface area contributed by atoms with Gasteiger partial charge in [-0.2, -0.15) is 0 Å². The van der Waals surface area contributed by atoms with E-state index in [1.165, 1.54) is 0 Å². The maximum absolute atomic E-state index is 14.7.